The fraction of sp³-hybridized carbons (Fsp3) is 0.526. The number of piperidine rings is 1. The van der Waals surface area contributed by atoms with E-state index in [2.05, 4.69) is 22.9 Å². The Morgan fingerprint density at radius 1 is 1.35 bits per heavy atom. The first kappa shape index (κ1) is 13.8. The molecule has 2 saturated heterocycles. The number of Topliss-reactive ketones (excluding diaryl/α,β-unsaturated/α-hetero) is 1. The van der Waals surface area contributed by atoms with Crippen LogP contribution in [0.4, 0.5) is 5.69 Å². The van der Waals surface area contributed by atoms with Gasteiger partial charge in [0.05, 0.1) is 17.5 Å². The summed E-state index contributed by atoms with van der Waals surface area (Å²) in [5.74, 6) is 0.0158. The molecule has 4 heteroatoms. The van der Waals surface area contributed by atoms with Crippen LogP contribution in [0.1, 0.15) is 25.3 Å². The summed E-state index contributed by atoms with van der Waals surface area (Å²) in [4.78, 5) is 15.8. The zero-order valence-electron chi connectivity index (χ0n) is 13.4. The highest BCUT2D eigenvalue weighted by atomic mass is 16.3. The van der Waals surface area contributed by atoms with Crippen molar-refractivity contribution in [1.29, 1.82) is 0 Å². The first-order valence-corrected chi connectivity index (χ1v) is 8.57. The highest BCUT2D eigenvalue weighted by Gasteiger charge is 2.72. The minimum atomic E-state index is -0.946. The molecule has 1 saturated carbocycles. The lowest BCUT2D eigenvalue weighted by Crippen LogP contribution is -2.74. The normalized spacial score (nSPS) is 44.5. The molecule has 1 aliphatic carbocycles. The number of nitrogens with one attached hydrogen (secondary N) is 1. The van der Waals surface area contributed by atoms with Crippen LogP contribution in [0, 0.1) is 5.92 Å². The molecule has 4 nitrogen and oxygen atoms in total. The number of ketones is 1. The SMILES string of the molecule is C=C1C(=O)[C@@]23CCN4CC[C@H]1[C@](O)([C@H](C)Nc1ccccc12)[C@@H]43. The largest absolute Gasteiger partial charge is 0.385 e. The second-order valence-corrected chi connectivity index (χ2v) is 7.65. The van der Waals surface area contributed by atoms with Crippen LogP contribution in [0.5, 0.6) is 0 Å². The van der Waals surface area contributed by atoms with E-state index >= 15 is 0 Å². The summed E-state index contributed by atoms with van der Waals surface area (Å²) < 4.78 is 0. The lowest BCUT2D eigenvalue weighted by Gasteiger charge is -2.58. The van der Waals surface area contributed by atoms with Gasteiger partial charge >= 0.3 is 0 Å². The fourth-order valence-corrected chi connectivity index (χ4v) is 5.97. The van der Waals surface area contributed by atoms with Gasteiger partial charge < -0.3 is 10.4 Å². The van der Waals surface area contributed by atoms with Crippen molar-refractivity contribution in [3.8, 4) is 0 Å². The van der Waals surface area contributed by atoms with Gasteiger partial charge in [0.15, 0.2) is 5.78 Å². The third kappa shape index (κ3) is 1.31. The topological polar surface area (TPSA) is 52.6 Å². The molecule has 3 heterocycles. The minimum Gasteiger partial charge on any atom is -0.385 e. The number of hydrogen-bond acceptors (Lipinski definition) is 4. The zero-order chi connectivity index (χ0) is 16.0. The number of carbonyl (C=O) groups is 1. The summed E-state index contributed by atoms with van der Waals surface area (Å²) in [6.45, 7) is 8.01. The van der Waals surface area contributed by atoms with Crippen molar-refractivity contribution in [2.45, 2.75) is 42.9 Å². The van der Waals surface area contributed by atoms with Crippen LogP contribution in [0.3, 0.4) is 0 Å². The average Bonchev–Trinajstić information content (AvgIpc) is 2.93. The monoisotopic (exact) mass is 310 g/mol. The number of carbonyl (C=O) groups excluding carboxylic acids is 1. The predicted octanol–water partition coefficient (Wildman–Crippen LogP) is 1.70. The summed E-state index contributed by atoms with van der Waals surface area (Å²) in [5.41, 5.74) is 1.08. The highest BCUT2D eigenvalue weighted by Crippen LogP contribution is 2.60. The van der Waals surface area contributed by atoms with Crippen LogP contribution in [-0.4, -0.2) is 46.6 Å². The maximum absolute atomic E-state index is 13.4. The summed E-state index contributed by atoms with van der Waals surface area (Å²) in [5, 5.41) is 15.4. The number of fused-ring (bicyclic) bond motifs is 1. The quantitative estimate of drug-likeness (QED) is 0.716. The van der Waals surface area contributed by atoms with Crippen LogP contribution in [0.2, 0.25) is 0 Å². The third-order valence-electron chi connectivity index (χ3n) is 6.92. The number of rotatable bonds is 0. The van der Waals surface area contributed by atoms with Gasteiger partial charge in [0.25, 0.3) is 0 Å². The molecule has 0 amide bonds. The van der Waals surface area contributed by atoms with E-state index in [1.807, 2.05) is 25.1 Å². The standard InChI is InChI=1S/C19H22N2O2/c1-11-13-7-9-21-10-8-18(16(11)22)14-5-3-4-6-15(14)20-12(2)19(13,23)17(18)21/h3-6,12-13,17,20,23H,1,7-10H2,2H3/t12-,13+,17-,18+,19+/m0/s1. The lowest BCUT2D eigenvalue weighted by molar-refractivity contribution is -0.155. The molecule has 0 aromatic heterocycles. The maximum atomic E-state index is 13.4. The van der Waals surface area contributed by atoms with E-state index in [1.165, 1.54) is 0 Å². The van der Waals surface area contributed by atoms with E-state index in [0.29, 0.717) is 5.57 Å². The van der Waals surface area contributed by atoms with E-state index in [9.17, 15) is 9.90 Å². The number of hydrogen-bond donors (Lipinski definition) is 2. The van der Waals surface area contributed by atoms with Crippen LogP contribution >= 0.6 is 0 Å². The molecule has 0 radical (unpaired) electrons. The van der Waals surface area contributed by atoms with Gasteiger partial charge in [-0.15, -0.1) is 0 Å². The highest BCUT2D eigenvalue weighted by molar-refractivity contribution is 6.07. The Morgan fingerprint density at radius 2 is 2.13 bits per heavy atom. The van der Waals surface area contributed by atoms with Gasteiger partial charge in [-0.25, -0.2) is 0 Å². The van der Waals surface area contributed by atoms with Crippen LogP contribution in [-0.2, 0) is 10.2 Å². The van der Waals surface area contributed by atoms with Gasteiger partial charge in [0.1, 0.15) is 5.60 Å². The maximum Gasteiger partial charge on any atom is 0.170 e. The zero-order valence-corrected chi connectivity index (χ0v) is 13.4. The van der Waals surface area contributed by atoms with Gasteiger partial charge in [0, 0.05) is 11.6 Å². The molecule has 4 bridgehead atoms. The van der Waals surface area contributed by atoms with Crippen LogP contribution < -0.4 is 5.32 Å². The lowest BCUT2D eigenvalue weighted by atomic mass is 9.52. The molecule has 23 heavy (non-hydrogen) atoms. The molecule has 5 rings (SSSR count). The Kier molecular flexibility index (Phi) is 2.43. The smallest absolute Gasteiger partial charge is 0.170 e. The number of nitrogens with zero attached hydrogens (tertiary/aromatic N) is 1. The molecule has 0 unspecified atom stereocenters. The van der Waals surface area contributed by atoms with Gasteiger partial charge in [-0.3, -0.25) is 9.69 Å². The Morgan fingerprint density at radius 3 is 2.96 bits per heavy atom. The van der Waals surface area contributed by atoms with Crippen molar-refractivity contribution in [1.82, 2.24) is 4.90 Å². The molecule has 3 fully saturated rings. The van der Waals surface area contributed by atoms with Crippen molar-refractivity contribution in [3.05, 3.63) is 42.0 Å². The molecule has 1 aromatic carbocycles. The van der Waals surface area contributed by atoms with Crippen LogP contribution in [0.25, 0.3) is 0 Å². The van der Waals surface area contributed by atoms with Crippen molar-refractivity contribution < 1.29 is 9.90 Å². The van der Waals surface area contributed by atoms with Crippen LogP contribution in [0.15, 0.2) is 36.4 Å². The molecule has 3 aliphatic heterocycles. The van der Waals surface area contributed by atoms with Gasteiger partial charge in [-0.2, -0.15) is 0 Å². The first-order chi connectivity index (χ1) is 11.0. The Labute approximate surface area is 136 Å². The van der Waals surface area contributed by atoms with Gasteiger partial charge in [0.2, 0.25) is 0 Å². The Hall–Kier alpha value is -1.65. The van der Waals surface area contributed by atoms with E-state index < -0.39 is 11.0 Å². The molecular weight excluding hydrogens is 288 g/mol. The third-order valence-corrected chi connectivity index (χ3v) is 6.92. The summed E-state index contributed by atoms with van der Waals surface area (Å²) in [6, 6.07) is 7.83. The van der Waals surface area contributed by atoms with Crippen molar-refractivity contribution >= 4 is 11.5 Å². The van der Waals surface area contributed by atoms with E-state index in [1.54, 1.807) is 0 Å². The molecule has 2 N–H and O–H groups in total. The fourth-order valence-electron chi connectivity index (χ4n) is 5.97. The van der Waals surface area contributed by atoms with Crippen molar-refractivity contribution in [3.63, 3.8) is 0 Å². The molecular formula is C19H22N2O2. The minimum absolute atomic E-state index is 0.119. The molecule has 5 atom stereocenters. The summed E-state index contributed by atoms with van der Waals surface area (Å²) in [6.07, 6.45) is 1.59. The Bertz CT molecular complexity index is 745. The van der Waals surface area contributed by atoms with E-state index in [4.69, 9.17) is 0 Å². The number of para-hydroxylation sites is 1. The van der Waals surface area contributed by atoms with Gasteiger partial charge in [-0.1, -0.05) is 24.8 Å². The second-order valence-electron chi connectivity index (χ2n) is 7.65. The second kappa shape index (κ2) is 4.05. The number of aliphatic hydroxyl groups is 1. The van der Waals surface area contributed by atoms with E-state index in [-0.39, 0.29) is 23.8 Å². The average molecular weight is 310 g/mol. The molecule has 4 aliphatic rings. The number of benzene rings is 1. The molecule has 0 spiro atoms. The first-order valence-electron chi connectivity index (χ1n) is 8.57. The Balaban J connectivity index is 1.89. The van der Waals surface area contributed by atoms with Crippen molar-refractivity contribution in [2.75, 3.05) is 18.4 Å². The summed E-state index contributed by atoms with van der Waals surface area (Å²) in [7, 11) is 0. The van der Waals surface area contributed by atoms with Crippen molar-refractivity contribution in [2.24, 2.45) is 5.92 Å². The number of anilines is 1. The predicted molar refractivity (Wildman–Crippen MR) is 88.4 cm³/mol. The summed E-state index contributed by atoms with van der Waals surface area (Å²) >= 11 is 0. The molecule has 1 aromatic rings. The van der Waals surface area contributed by atoms with E-state index in [0.717, 1.165) is 37.2 Å². The molecule has 120 valence electrons. The van der Waals surface area contributed by atoms with Gasteiger partial charge in [-0.05, 0) is 50.1 Å².